The molecule has 0 saturated heterocycles. The number of rotatable bonds is 2. The van der Waals surface area contributed by atoms with Crippen LogP contribution in [-0.2, 0) is 0 Å². The third kappa shape index (κ3) is 2.34. The van der Waals surface area contributed by atoms with Crippen LogP contribution in [0.2, 0.25) is 0 Å². The minimum absolute atomic E-state index is 0.592. The number of hydrogen-bond acceptors (Lipinski definition) is 2. The fourth-order valence-electron chi connectivity index (χ4n) is 1.36. The summed E-state index contributed by atoms with van der Waals surface area (Å²) in [5.41, 5.74) is 2.32. The lowest BCUT2D eigenvalue weighted by Gasteiger charge is -1.96. The zero-order valence-corrected chi connectivity index (χ0v) is 8.67. The van der Waals surface area contributed by atoms with E-state index in [0.717, 1.165) is 5.56 Å². The van der Waals surface area contributed by atoms with Gasteiger partial charge in [0.15, 0.2) is 0 Å². The van der Waals surface area contributed by atoms with Crippen molar-refractivity contribution < 1.29 is 0 Å². The zero-order valence-electron chi connectivity index (χ0n) is 8.67. The molecule has 0 spiro atoms. The van der Waals surface area contributed by atoms with Crippen molar-refractivity contribution in [1.82, 2.24) is 0 Å². The summed E-state index contributed by atoms with van der Waals surface area (Å²) in [7, 11) is 0. The van der Waals surface area contributed by atoms with E-state index in [1.807, 2.05) is 48.5 Å². The maximum Gasteiger partial charge on any atom is 0.101 e. The quantitative estimate of drug-likeness (QED) is 0.694. The van der Waals surface area contributed by atoms with Gasteiger partial charge in [-0.25, -0.2) is 0 Å². The van der Waals surface area contributed by atoms with Crippen LogP contribution >= 0.6 is 0 Å². The molecule has 0 N–H and O–H groups in total. The van der Waals surface area contributed by atoms with E-state index in [-0.39, 0.29) is 0 Å². The molecule has 0 fully saturated rings. The molecular formula is C14H10N2. The van der Waals surface area contributed by atoms with Gasteiger partial charge in [0.2, 0.25) is 0 Å². The maximum atomic E-state index is 8.89. The van der Waals surface area contributed by atoms with E-state index < -0.39 is 0 Å². The van der Waals surface area contributed by atoms with Gasteiger partial charge in [0, 0.05) is 6.21 Å². The third-order valence-electron chi connectivity index (χ3n) is 2.18. The van der Waals surface area contributed by atoms with E-state index in [1.54, 1.807) is 12.3 Å². The predicted octanol–water partition coefficient (Wildman–Crippen LogP) is 3.31. The first-order valence-corrected chi connectivity index (χ1v) is 4.98. The monoisotopic (exact) mass is 206 g/mol. The molecule has 0 heterocycles. The van der Waals surface area contributed by atoms with Crippen LogP contribution in [-0.4, -0.2) is 6.21 Å². The molecule has 0 radical (unpaired) electrons. The molecule has 2 nitrogen and oxygen atoms in total. The van der Waals surface area contributed by atoms with Gasteiger partial charge in [-0.1, -0.05) is 42.5 Å². The second-order valence-corrected chi connectivity index (χ2v) is 3.30. The number of para-hydroxylation sites is 1. The number of nitriles is 1. The van der Waals surface area contributed by atoms with Crippen LogP contribution in [0.3, 0.4) is 0 Å². The van der Waals surface area contributed by atoms with Gasteiger partial charge in [-0.3, -0.25) is 4.99 Å². The van der Waals surface area contributed by atoms with Gasteiger partial charge in [-0.15, -0.1) is 0 Å². The number of aliphatic imine (C=N–C) groups is 1. The molecule has 0 aliphatic carbocycles. The summed E-state index contributed by atoms with van der Waals surface area (Å²) in [5, 5.41) is 8.89. The van der Waals surface area contributed by atoms with Crippen molar-refractivity contribution in [3.05, 3.63) is 65.7 Å². The molecule has 0 unspecified atom stereocenters. The smallest absolute Gasteiger partial charge is 0.101 e. The van der Waals surface area contributed by atoms with Gasteiger partial charge in [0.1, 0.15) is 6.07 Å². The Kier molecular flexibility index (Phi) is 3.10. The lowest BCUT2D eigenvalue weighted by Crippen LogP contribution is -1.80. The molecule has 0 atom stereocenters. The van der Waals surface area contributed by atoms with Crippen LogP contribution in [0.5, 0.6) is 0 Å². The molecule has 2 heteroatoms. The highest BCUT2D eigenvalue weighted by molar-refractivity contribution is 5.82. The van der Waals surface area contributed by atoms with Crippen molar-refractivity contribution in [3.63, 3.8) is 0 Å². The number of benzene rings is 2. The first kappa shape index (κ1) is 10.1. The third-order valence-corrected chi connectivity index (χ3v) is 2.18. The van der Waals surface area contributed by atoms with Crippen molar-refractivity contribution in [2.45, 2.75) is 0 Å². The van der Waals surface area contributed by atoms with Crippen molar-refractivity contribution in [1.29, 1.82) is 5.26 Å². The topological polar surface area (TPSA) is 36.1 Å². The van der Waals surface area contributed by atoms with E-state index in [9.17, 15) is 0 Å². The molecule has 2 rings (SSSR count). The molecule has 0 aliphatic rings. The SMILES string of the molecule is N#Cc1ccccc1/N=C/c1ccccc1. The molecular weight excluding hydrogens is 196 g/mol. The molecule has 16 heavy (non-hydrogen) atoms. The highest BCUT2D eigenvalue weighted by atomic mass is 14.7. The Bertz CT molecular complexity index is 536. The van der Waals surface area contributed by atoms with Crippen molar-refractivity contribution in [3.8, 4) is 6.07 Å². The van der Waals surface area contributed by atoms with Gasteiger partial charge in [-0.05, 0) is 17.7 Å². The van der Waals surface area contributed by atoms with Crippen LogP contribution < -0.4 is 0 Å². The fourth-order valence-corrected chi connectivity index (χ4v) is 1.36. The summed E-state index contributed by atoms with van der Waals surface area (Å²) >= 11 is 0. The highest BCUT2D eigenvalue weighted by Crippen LogP contribution is 2.17. The van der Waals surface area contributed by atoms with Gasteiger partial charge in [0.05, 0.1) is 11.3 Å². The van der Waals surface area contributed by atoms with E-state index >= 15 is 0 Å². The van der Waals surface area contributed by atoms with Gasteiger partial charge in [0.25, 0.3) is 0 Å². The summed E-state index contributed by atoms with van der Waals surface area (Å²) in [6.07, 6.45) is 1.76. The van der Waals surface area contributed by atoms with Crippen LogP contribution in [0.1, 0.15) is 11.1 Å². The highest BCUT2D eigenvalue weighted by Gasteiger charge is 1.96. The Labute approximate surface area is 94.5 Å². The molecule has 2 aromatic carbocycles. The average Bonchev–Trinajstić information content (AvgIpc) is 2.38. The zero-order chi connectivity index (χ0) is 11.2. The van der Waals surface area contributed by atoms with Crippen LogP contribution in [0.25, 0.3) is 0 Å². The molecule has 0 aliphatic heterocycles. The van der Waals surface area contributed by atoms with E-state index in [2.05, 4.69) is 11.1 Å². The van der Waals surface area contributed by atoms with Crippen LogP contribution in [0, 0.1) is 11.3 Å². The van der Waals surface area contributed by atoms with E-state index in [1.165, 1.54) is 0 Å². The molecule has 0 amide bonds. The Morgan fingerprint density at radius 1 is 0.938 bits per heavy atom. The summed E-state index contributed by atoms with van der Waals surface area (Å²) in [4.78, 5) is 4.30. The Morgan fingerprint density at radius 2 is 1.62 bits per heavy atom. The fraction of sp³-hybridized carbons (Fsp3) is 0. The van der Waals surface area contributed by atoms with E-state index in [0.29, 0.717) is 11.3 Å². The summed E-state index contributed by atoms with van der Waals surface area (Å²) in [5.74, 6) is 0. The Balaban J connectivity index is 2.28. The van der Waals surface area contributed by atoms with Crippen molar-refractivity contribution in [2.75, 3.05) is 0 Å². The number of nitrogens with zero attached hydrogens (tertiary/aromatic N) is 2. The van der Waals surface area contributed by atoms with E-state index in [4.69, 9.17) is 5.26 Å². The minimum Gasteiger partial charge on any atom is -0.255 e. The molecule has 0 saturated carbocycles. The first-order valence-electron chi connectivity index (χ1n) is 4.98. The standard InChI is InChI=1S/C14H10N2/c15-10-13-8-4-5-9-14(13)16-11-12-6-2-1-3-7-12/h1-9,11H/b16-11+. The largest absolute Gasteiger partial charge is 0.255 e. The lowest BCUT2D eigenvalue weighted by atomic mass is 10.2. The van der Waals surface area contributed by atoms with Crippen LogP contribution in [0.15, 0.2) is 59.6 Å². The Morgan fingerprint density at radius 3 is 2.38 bits per heavy atom. The van der Waals surface area contributed by atoms with Crippen molar-refractivity contribution >= 4 is 11.9 Å². The first-order chi connectivity index (χ1) is 7.90. The van der Waals surface area contributed by atoms with Gasteiger partial charge < -0.3 is 0 Å². The Hall–Kier alpha value is -2.40. The maximum absolute atomic E-state index is 8.89. The normalized spacial score (nSPS) is 10.2. The second-order valence-electron chi connectivity index (χ2n) is 3.30. The number of hydrogen-bond donors (Lipinski definition) is 0. The summed E-state index contributed by atoms with van der Waals surface area (Å²) in [6, 6.07) is 19.2. The summed E-state index contributed by atoms with van der Waals surface area (Å²) in [6.45, 7) is 0. The second kappa shape index (κ2) is 4.90. The predicted molar refractivity (Wildman–Crippen MR) is 64.9 cm³/mol. The van der Waals surface area contributed by atoms with Gasteiger partial charge in [-0.2, -0.15) is 5.26 Å². The van der Waals surface area contributed by atoms with Crippen LogP contribution in [0.4, 0.5) is 5.69 Å². The average molecular weight is 206 g/mol. The molecule has 76 valence electrons. The van der Waals surface area contributed by atoms with Gasteiger partial charge >= 0.3 is 0 Å². The van der Waals surface area contributed by atoms with Crippen molar-refractivity contribution in [2.24, 2.45) is 4.99 Å². The summed E-state index contributed by atoms with van der Waals surface area (Å²) < 4.78 is 0. The lowest BCUT2D eigenvalue weighted by molar-refractivity contribution is 1.44. The molecule has 0 aromatic heterocycles. The minimum atomic E-state index is 0.592. The molecule has 2 aromatic rings. The molecule has 0 bridgehead atoms.